The highest BCUT2D eigenvalue weighted by atomic mass is 31.2. The molecule has 0 fully saturated rings. The maximum absolute atomic E-state index is 12.9. The highest BCUT2D eigenvalue weighted by Crippen LogP contribution is 2.45. The Morgan fingerprint density at radius 1 is 1.00 bits per heavy atom. The van der Waals surface area contributed by atoms with Crippen molar-refractivity contribution in [1.82, 2.24) is 5.32 Å². The third-order valence-electron chi connectivity index (χ3n) is 6.04. The first-order valence-electron chi connectivity index (χ1n) is 11.0. The molecule has 0 aromatic heterocycles. The number of rotatable bonds is 11. The Balaban J connectivity index is 2.98. The van der Waals surface area contributed by atoms with Crippen LogP contribution in [0.15, 0.2) is 18.2 Å². The van der Waals surface area contributed by atoms with Gasteiger partial charge in [0.1, 0.15) is 11.7 Å². The SMILES string of the molecule is CCCC(C)C(C)CC(C(=O)N[C@H](C(=O)Nc1ccc(C)c(C)c1)C(C)C)P(=O)(O)O. The summed E-state index contributed by atoms with van der Waals surface area (Å²) in [7, 11) is -4.68. The number of benzene rings is 1. The number of anilines is 1. The van der Waals surface area contributed by atoms with E-state index in [4.69, 9.17) is 0 Å². The molecule has 1 aromatic carbocycles. The first kappa shape index (κ1) is 27.3. The van der Waals surface area contributed by atoms with Crippen LogP contribution in [0.3, 0.4) is 0 Å². The van der Waals surface area contributed by atoms with Crippen molar-refractivity contribution in [2.45, 2.75) is 79.4 Å². The average molecular weight is 455 g/mol. The lowest BCUT2D eigenvalue weighted by Crippen LogP contribution is -2.50. The van der Waals surface area contributed by atoms with Gasteiger partial charge in [0.2, 0.25) is 11.8 Å². The van der Waals surface area contributed by atoms with Crippen LogP contribution in [0.2, 0.25) is 0 Å². The minimum atomic E-state index is -4.68. The van der Waals surface area contributed by atoms with Gasteiger partial charge in [0, 0.05) is 5.69 Å². The van der Waals surface area contributed by atoms with Crippen LogP contribution in [-0.4, -0.2) is 33.3 Å². The van der Waals surface area contributed by atoms with Crippen LogP contribution in [-0.2, 0) is 14.2 Å². The number of aryl methyl sites for hydroxylation is 2. The van der Waals surface area contributed by atoms with Crippen LogP contribution < -0.4 is 10.6 Å². The van der Waals surface area contributed by atoms with Crippen LogP contribution in [0, 0.1) is 31.6 Å². The molecule has 0 saturated carbocycles. The fourth-order valence-electron chi connectivity index (χ4n) is 3.55. The van der Waals surface area contributed by atoms with Crippen molar-refractivity contribution in [3.05, 3.63) is 29.3 Å². The molecule has 7 nitrogen and oxygen atoms in total. The lowest BCUT2D eigenvalue weighted by molar-refractivity contribution is -0.127. The fraction of sp³-hybridized carbons (Fsp3) is 0.652. The normalized spacial score (nSPS) is 15.8. The van der Waals surface area contributed by atoms with Crippen LogP contribution in [0.25, 0.3) is 0 Å². The van der Waals surface area contributed by atoms with Gasteiger partial charge in [0.15, 0.2) is 0 Å². The maximum atomic E-state index is 12.9. The quantitative estimate of drug-likeness (QED) is 0.370. The van der Waals surface area contributed by atoms with E-state index in [9.17, 15) is 23.9 Å². The highest BCUT2D eigenvalue weighted by molar-refractivity contribution is 7.53. The summed E-state index contributed by atoms with van der Waals surface area (Å²) in [4.78, 5) is 45.4. The standard InChI is InChI=1S/C23H39N2O5P/c1-8-9-15(4)18(7)13-20(31(28,29)30)22(26)25-21(14(2)3)23(27)24-19-11-10-16(5)17(6)12-19/h10-12,14-15,18,20-21H,8-9,13H2,1-7H3,(H,24,27)(H,25,26)(H2,28,29,30)/t15?,18?,20?,21-/m0/s1. The molecule has 0 radical (unpaired) electrons. The van der Waals surface area contributed by atoms with Crippen LogP contribution in [0.5, 0.6) is 0 Å². The summed E-state index contributed by atoms with van der Waals surface area (Å²) in [5, 5.41) is 5.40. The molecule has 0 aliphatic rings. The second-order valence-corrected chi connectivity index (χ2v) is 10.9. The van der Waals surface area contributed by atoms with E-state index >= 15 is 0 Å². The first-order chi connectivity index (χ1) is 14.3. The van der Waals surface area contributed by atoms with E-state index in [2.05, 4.69) is 17.6 Å². The molecular weight excluding hydrogens is 415 g/mol. The van der Waals surface area contributed by atoms with Crippen LogP contribution in [0.4, 0.5) is 5.69 Å². The molecule has 176 valence electrons. The van der Waals surface area contributed by atoms with E-state index in [-0.39, 0.29) is 24.2 Å². The summed E-state index contributed by atoms with van der Waals surface area (Å²) in [6.07, 6.45) is 1.96. The Morgan fingerprint density at radius 2 is 1.61 bits per heavy atom. The van der Waals surface area contributed by atoms with Gasteiger partial charge in [-0.2, -0.15) is 0 Å². The topological polar surface area (TPSA) is 116 Å². The molecule has 2 amide bonds. The van der Waals surface area contributed by atoms with Crippen molar-refractivity contribution < 1.29 is 23.9 Å². The molecule has 8 heteroatoms. The van der Waals surface area contributed by atoms with E-state index in [0.717, 1.165) is 24.0 Å². The van der Waals surface area contributed by atoms with Crippen molar-refractivity contribution >= 4 is 25.1 Å². The Morgan fingerprint density at radius 3 is 2.10 bits per heavy atom. The van der Waals surface area contributed by atoms with Crippen molar-refractivity contribution in [2.24, 2.45) is 17.8 Å². The van der Waals surface area contributed by atoms with Crippen molar-refractivity contribution in [2.75, 3.05) is 5.32 Å². The number of hydrogen-bond donors (Lipinski definition) is 4. The Kier molecular flexibility index (Phi) is 10.4. The maximum Gasteiger partial charge on any atom is 0.337 e. The number of nitrogens with one attached hydrogen (secondary N) is 2. The van der Waals surface area contributed by atoms with Gasteiger partial charge in [0.25, 0.3) is 0 Å². The summed E-state index contributed by atoms with van der Waals surface area (Å²) in [5.41, 5.74) is 1.27. The summed E-state index contributed by atoms with van der Waals surface area (Å²) in [6.45, 7) is 13.5. The molecule has 31 heavy (non-hydrogen) atoms. The smallest absolute Gasteiger partial charge is 0.337 e. The van der Waals surface area contributed by atoms with Crippen LogP contribution in [0.1, 0.15) is 65.0 Å². The third-order valence-corrected chi connectivity index (χ3v) is 7.30. The number of carbonyl (C=O) groups is 2. The van der Waals surface area contributed by atoms with Gasteiger partial charge in [0.05, 0.1) is 0 Å². The molecule has 0 spiro atoms. The summed E-state index contributed by atoms with van der Waals surface area (Å²) < 4.78 is 12.1. The van der Waals surface area contributed by atoms with Crippen molar-refractivity contribution in [3.63, 3.8) is 0 Å². The Bertz CT molecular complexity index is 805. The zero-order valence-corrected chi connectivity index (χ0v) is 20.7. The molecule has 4 atom stereocenters. The lowest BCUT2D eigenvalue weighted by atomic mass is 9.88. The zero-order chi connectivity index (χ0) is 23.9. The minimum absolute atomic E-state index is 0.0369. The van der Waals surface area contributed by atoms with Crippen molar-refractivity contribution in [1.29, 1.82) is 0 Å². The predicted molar refractivity (Wildman–Crippen MR) is 125 cm³/mol. The van der Waals surface area contributed by atoms with Gasteiger partial charge in [-0.3, -0.25) is 14.2 Å². The molecule has 4 N–H and O–H groups in total. The predicted octanol–water partition coefficient (Wildman–Crippen LogP) is 4.39. The van der Waals surface area contributed by atoms with Crippen molar-refractivity contribution in [3.8, 4) is 0 Å². The summed E-state index contributed by atoms with van der Waals surface area (Å²) >= 11 is 0. The molecule has 1 rings (SSSR count). The van der Waals surface area contributed by atoms with E-state index in [1.165, 1.54) is 0 Å². The number of hydrogen-bond acceptors (Lipinski definition) is 3. The fourth-order valence-corrected chi connectivity index (χ4v) is 4.53. The van der Waals surface area contributed by atoms with Crippen LogP contribution >= 0.6 is 7.60 Å². The van der Waals surface area contributed by atoms with E-state index in [1.807, 2.05) is 39.8 Å². The van der Waals surface area contributed by atoms with E-state index in [0.29, 0.717) is 5.69 Å². The van der Waals surface area contributed by atoms with Gasteiger partial charge >= 0.3 is 7.60 Å². The summed E-state index contributed by atoms with van der Waals surface area (Å²) in [6, 6.07) is 4.62. The third kappa shape index (κ3) is 8.40. The van der Waals surface area contributed by atoms with Gasteiger partial charge in [-0.05, 0) is 61.3 Å². The molecule has 0 aliphatic heterocycles. The van der Waals surface area contributed by atoms with Gasteiger partial charge in [-0.25, -0.2) is 0 Å². The molecule has 3 unspecified atom stereocenters. The average Bonchev–Trinajstić information content (AvgIpc) is 2.65. The lowest BCUT2D eigenvalue weighted by Gasteiger charge is -2.28. The zero-order valence-electron chi connectivity index (χ0n) is 19.8. The molecule has 1 aromatic rings. The second kappa shape index (κ2) is 11.8. The first-order valence-corrected chi connectivity index (χ1v) is 12.7. The van der Waals surface area contributed by atoms with Gasteiger partial charge in [-0.1, -0.05) is 53.5 Å². The second-order valence-electron chi connectivity index (χ2n) is 9.10. The highest BCUT2D eigenvalue weighted by Gasteiger charge is 2.39. The Labute approximate surface area is 186 Å². The molecule has 0 saturated heterocycles. The van der Waals surface area contributed by atoms with Gasteiger partial charge in [-0.15, -0.1) is 0 Å². The van der Waals surface area contributed by atoms with E-state index in [1.54, 1.807) is 19.9 Å². The summed E-state index contributed by atoms with van der Waals surface area (Å²) in [5.74, 6) is -1.25. The molecule has 0 aliphatic carbocycles. The van der Waals surface area contributed by atoms with E-state index < -0.39 is 31.1 Å². The monoisotopic (exact) mass is 454 g/mol. The number of amides is 2. The molecular formula is C23H39N2O5P. The number of carbonyl (C=O) groups excluding carboxylic acids is 2. The largest absolute Gasteiger partial charge is 0.343 e. The molecule has 0 bridgehead atoms. The minimum Gasteiger partial charge on any atom is -0.343 e. The van der Waals surface area contributed by atoms with Gasteiger partial charge < -0.3 is 20.4 Å². The Hall–Kier alpha value is -1.69. The molecule has 0 heterocycles.